The van der Waals surface area contributed by atoms with E-state index in [2.05, 4.69) is 33.5 Å². The maximum absolute atomic E-state index is 12.7. The number of benzene rings is 2. The molecule has 1 aliphatic rings. The molecule has 2 heterocycles. The van der Waals surface area contributed by atoms with Crippen molar-refractivity contribution in [2.75, 3.05) is 23.7 Å². The predicted octanol–water partition coefficient (Wildman–Crippen LogP) is 3.61. The molecule has 1 saturated heterocycles. The summed E-state index contributed by atoms with van der Waals surface area (Å²) in [5.74, 6) is 0.631. The molecular weight excluding hydrogens is 366 g/mol. The summed E-state index contributed by atoms with van der Waals surface area (Å²) < 4.78 is 0. The number of carbonyl (C=O) groups is 2. The lowest BCUT2D eigenvalue weighted by atomic mass is 10.2. The molecule has 0 bridgehead atoms. The summed E-state index contributed by atoms with van der Waals surface area (Å²) in [7, 11) is 0. The van der Waals surface area contributed by atoms with Gasteiger partial charge in [0.1, 0.15) is 5.82 Å². The Morgan fingerprint density at radius 3 is 2.62 bits per heavy atom. The molecule has 0 saturated carbocycles. The highest BCUT2D eigenvalue weighted by Gasteiger charge is 2.30. The standard InChI is InChI=1S/C22H25N5O2/c1-14-7-5-10-18-21(14)26-22(25-18)19-11-6-12-27(19)13-20(29)24-17-9-4-3-8-16(17)23-15(2)28/h3-5,7-10,19H,6,11-13H2,1-2H3,(H,23,28)(H,24,29)(H,25,26). The smallest absolute Gasteiger partial charge is 0.238 e. The summed E-state index contributed by atoms with van der Waals surface area (Å²) in [6, 6.07) is 13.4. The van der Waals surface area contributed by atoms with Crippen LogP contribution in [-0.4, -0.2) is 39.8 Å². The van der Waals surface area contributed by atoms with Gasteiger partial charge < -0.3 is 15.6 Å². The minimum atomic E-state index is -0.175. The van der Waals surface area contributed by atoms with Crippen LogP contribution in [0, 0.1) is 6.92 Å². The van der Waals surface area contributed by atoms with E-state index in [0.29, 0.717) is 11.4 Å². The minimum Gasteiger partial charge on any atom is -0.341 e. The zero-order valence-corrected chi connectivity index (χ0v) is 16.7. The Labute approximate surface area is 169 Å². The van der Waals surface area contributed by atoms with Crippen molar-refractivity contribution in [3.8, 4) is 0 Å². The van der Waals surface area contributed by atoms with Gasteiger partial charge in [-0.1, -0.05) is 24.3 Å². The average Bonchev–Trinajstić information content (AvgIpc) is 3.30. The normalized spacial score (nSPS) is 16.8. The Hall–Kier alpha value is -3.19. The zero-order chi connectivity index (χ0) is 20.4. The first-order valence-electron chi connectivity index (χ1n) is 9.87. The van der Waals surface area contributed by atoms with E-state index in [1.807, 2.05) is 24.3 Å². The van der Waals surface area contributed by atoms with Gasteiger partial charge in [-0.15, -0.1) is 0 Å². The summed E-state index contributed by atoms with van der Waals surface area (Å²) in [6.07, 6.45) is 1.99. The van der Waals surface area contributed by atoms with Crippen LogP contribution in [0.25, 0.3) is 11.0 Å². The van der Waals surface area contributed by atoms with E-state index in [9.17, 15) is 9.59 Å². The van der Waals surface area contributed by atoms with Crippen molar-refractivity contribution in [3.05, 3.63) is 53.9 Å². The number of H-pyrrole nitrogens is 1. The van der Waals surface area contributed by atoms with Crippen LogP contribution in [0.2, 0.25) is 0 Å². The summed E-state index contributed by atoms with van der Waals surface area (Å²) in [5, 5.41) is 5.67. The lowest BCUT2D eigenvalue weighted by Gasteiger charge is -2.22. The third-order valence-corrected chi connectivity index (χ3v) is 5.27. The third-order valence-electron chi connectivity index (χ3n) is 5.27. The van der Waals surface area contributed by atoms with Gasteiger partial charge in [-0.2, -0.15) is 0 Å². The van der Waals surface area contributed by atoms with Gasteiger partial charge in [-0.05, 0) is 50.1 Å². The summed E-state index contributed by atoms with van der Waals surface area (Å²) in [5.41, 5.74) is 4.35. The van der Waals surface area contributed by atoms with E-state index in [-0.39, 0.29) is 24.4 Å². The highest BCUT2D eigenvalue weighted by atomic mass is 16.2. The lowest BCUT2D eigenvalue weighted by molar-refractivity contribution is -0.117. The quantitative estimate of drug-likeness (QED) is 0.620. The monoisotopic (exact) mass is 391 g/mol. The van der Waals surface area contributed by atoms with Crippen molar-refractivity contribution in [3.63, 3.8) is 0 Å². The molecule has 0 aliphatic carbocycles. The Morgan fingerprint density at radius 1 is 1.14 bits per heavy atom. The number of nitrogens with one attached hydrogen (secondary N) is 3. The first-order valence-corrected chi connectivity index (χ1v) is 9.87. The maximum Gasteiger partial charge on any atom is 0.238 e. The molecule has 1 aromatic heterocycles. The van der Waals surface area contributed by atoms with E-state index < -0.39 is 0 Å². The van der Waals surface area contributed by atoms with Gasteiger partial charge in [0.05, 0.1) is 35.0 Å². The molecule has 1 aliphatic heterocycles. The number of hydrogen-bond acceptors (Lipinski definition) is 4. The summed E-state index contributed by atoms with van der Waals surface area (Å²) in [4.78, 5) is 34.5. The van der Waals surface area contributed by atoms with Gasteiger partial charge in [0.25, 0.3) is 0 Å². The number of para-hydroxylation sites is 3. The van der Waals surface area contributed by atoms with Crippen LogP contribution < -0.4 is 10.6 Å². The molecule has 2 aromatic carbocycles. The fourth-order valence-corrected chi connectivity index (χ4v) is 3.94. The second-order valence-corrected chi connectivity index (χ2v) is 7.50. The second-order valence-electron chi connectivity index (χ2n) is 7.50. The van der Waals surface area contributed by atoms with Gasteiger partial charge in [0, 0.05) is 6.92 Å². The molecule has 1 unspecified atom stereocenters. The second kappa shape index (κ2) is 8.05. The fourth-order valence-electron chi connectivity index (χ4n) is 3.94. The van der Waals surface area contributed by atoms with Crippen LogP contribution >= 0.6 is 0 Å². The van der Waals surface area contributed by atoms with E-state index in [4.69, 9.17) is 4.98 Å². The highest BCUT2D eigenvalue weighted by molar-refractivity contribution is 5.99. The first kappa shape index (κ1) is 19.1. The zero-order valence-electron chi connectivity index (χ0n) is 16.7. The molecule has 7 heteroatoms. The molecule has 7 nitrogen and oxygen atoms in total. The predicted molar refractivity (Wildman–Crippen MR) is 114 cm³/mol. The Balaban J connectivity index is 1.48. The van der Waals surface area contributed by atoms with Crippen molar-refractivity contribution in [2.45, 2.75) is 32.7 Å². The molecule has 1 atom stereocenters. The lowest BCUT2D eigenvalue weighted by Crippen LogP contribution is -2.33. The molecule has 3 N–H and O–H groups in total. The Bertz CT molecular complexity index is 1060. The number of likely N-dealkylation sites (tertiary alicyclic amines) is 1. The molecule has 2 amide bonds. The number of amides is 2. The third kappa shape index (κ3) is 4.14. The molecular formula is C22H25N5O2. The highest BCUT2D eigenvalue weighted by Crippen LogP contribution is 2.32. The largest absolute Gasteiger partial charge is 0.341 e. The van der Waals surface area contributed by atoms with Crippen molar-refractivity contribution < 1.29 is 9.59 Å². The fraction of sp³-hybridized carbons (Fsp3) is 0.318. The Morgan fingerprint density at radius 2 is 1.90 bits per heavy atom. The molecule has 29 heavy (non-hydrogen) atoms. The summed E-state index contributed by atoms with van der Waals surface area (Å²) in [6.45, 7) is 4.62. The maximum atomic E-state index is 12.7. The number of hydrogen-bond donors (Lipinski definition) is 3. The average molecular weight is 391 g/mol. The van der Waals surface area contributed by atoms with Gasteiger partial charge in [0.15, 0.2) is 0 Å². The van der Waals surface area contributed by atoms with Crippen molar-refractivity contribution in [2.24, 2.45) is 0 Å². The minimum absolute atomic E-state index is 0.0955. The molecule has 0 radical (unpaired) electrons. The number of rotatable bonds is 5. The molecule has 150 valence electrons. The summed E-state index contributed by atoms with van der Waals surface area (Å²) >= 11 is 0. The molecule has 3 aromatic rings. The van der Waals surface area contributed by atoms with Crippen molar-refractivity contribution in [1.82, 2.24) is 14.9 Å². The topological polar surface area (TPSA) is 90.1 Å². The van der Waals surface area contributed by atoms with E-state index in [1.54, 1.807) is 12.1 Å². The van der Waals surface area contributed by atoms with Gasteiger partial charge in [0.2, 0.25) is 11.8 Å². The van der Waals surface area contributed by atoms with Gasteiger partial charge in [-0.25, -0.2) is 4.98 Å². The van der Waals surface area contributed by atoms with Crippen LogP contribution in [0.3, 0.4) is 0 Å². The molecule has 1 fully saturated rings. The van der Waals surface area contributed by atoms with Crippen LogP contribution in [0.5, 0.6) is 0 Å². The van der Waals surface area contributed by atoms with E-state index >= 15 is 0 Å². The SMILES string of the molecule is CC(=O)Nc1ccccc1NC(=O)CN1CCCC1c1nc2c(C)cccc2[nH]1. The van der Waals surface area contributed by atoms with Crippen LogP contribution in [0.15, 0.2) is 42.5 Å². The van der Waals surface area contributed by atoms with Gasteiger partial charge >= 0.3 is 0 Å². The molecule has 0 spiro atoms. The first-order chi connectivity index (χ1) is 14.0. The number of imidazole rings is 1. The van der Waals surface area contributed by atoms with Crippen LogP contribution in [0.1, 0.15) is 37.2 Å². The van der Waals surface area contributed by atoms with Crippen LogP contribution in [-0.2, 0) is 9.59 Å². The van der Waals surface area contributed by atoms with Crippen molar-refractivity contribution in [1.29, 1.82) is 0 Å². The number of aryl methyl sites for hydroxylation is 1. The number of aromatic amines is 1. The van der Waals surface area contributed by atoms with E-state index in [0.717, 1.165) is 41.8 Å². The van der Waals surface area contributed by atoms with Gasteiger partial charge in [-0.3, -0.25) is 14.5 Å². The molecule has 4 rings (SSSR count). The number of carbonyl (C=O) groups excluding carboxylic acids is 2. The Kier molecular flexibility index (Phi) is 5.31. The number of fused-ring (bicyclic) bond motifs is 1. The van der Waals surface area contributed by atoms with Crippen molar-refractivity contribution >= 4 is 34.2 Å². The van der Waals surface area contributed by atoms with Crippen LogP contribution in [0.4, 0.5) is 11.4 Å². The number of anilines is 2. The number of nitrogens with zero attached hydrogens (tertiary/aromatic N) is 2. The number of aromatic nitrogens is 2. The van der Waals surface area contributed by atoms with E-state index in [1.165, 1.54) is 6.92 Å².